The van der Waals surface area contributed by atoms with Crippen LogP contribution in [0.4, 0.5) is 21.7 Å². The predicted molar refractivity (Wildman–Crippen MR) is 107 cm³/mol. The lowest BCUT2D eigenvalue weighted by molar-refractivity contribution is -0.119. The Balaban J connectivity index is 1.96. The molecule has 0 aliphatic carbocycles. The molecule has 0 aliphatic rings. The summed E-state index contributed by atoms with van der Waals surface area (Å²) < 4.78 is 13.5. The van der Waals surface area contributed by atoms with Gasteiger partial charge in [-0.2, -0.15) is 0 Å². The lowest BCUT2D eigenvalue weighted by Crippen LogP contribution is -2.39. The highest BCUT2D eigenvalue weighted by Gasteiger charge is 2.21. The number of fused-ring (bicyclic) bond motifs is 1. The number of hydrogen-bond donors (Lipinski definition) is 4. The second-order valence-corrected chi connectivity index (χ2v) is 6.77. The Hall–Kier alpha value is -3.82. The Kier molecular flexibility index (Phi) is 5.53. The van der Waals surface area contributed by atoms with Gasteiger partial charge in [0.2, 0.25) is 5.91 Å². The second-order valence-electron chi connectivity index (χ2n) is 6.77. The predicted octanol–water partition coefficient (Wildman–Crippen LogP) is 1.93. The lowest BCUT2D eigenvalue weighted by Gasteiger charge is -2.20. The maximum Gasteiger partial charge on any atom is 0.271 e. The van der Waals surface area contributed by atoms with E-state index in [0.29, 0.717) is 16.6 Å². The van der Waals surface area contributed by atoms with Crippen molar-refractivity contribution < 1.29 is 14.0 Å². The van der Waals surface area contributed by atoms with Crippen LogP contribution in [0.3, 0.4) is 0 Å². The summed E-state index contributed by atoms with van der Waals surface area (Å²) in [5, 5.41) is 6.39. The molecule has 0 spiro atoms. The summed E-state index contributed by atoms with van der Waals surface area (Å²) in [6, 6.07) is 5.19. The van der Waals surface area contributed by atoms with Crippen LogP contribution < -0.4 is 22.1 Å². The summed E-state index contributed by atoms with van der Waals surface area (Å²) in [4.78, 5) is 35.9. The third kappa shape index (κ3) is 4.54. The van der Waals surface area contributed by atoms with E-state index in [-0.39, 0.29) is 23.2 Å². The maximum atomic E-state index is 13.5. The van der Waals surface area contributed by atoms with Crippen LogP contribution in [-0.4, -0.2) is 32.8 Å². The normalized spacial score (nSPS) is 12.0. The van der Waals surface area contributed by atoms with Crippen LogP contribution in [0.15, 0.2) is 36.7 Å². The molecule has 0 saturated carbocycles. The maximum absolute atomic E-state index is 13.5. The molecule has 0 fully saturated rings. The fraction of sp³-hybridized carbons (Fsp3) is 0.211. The van der Waals surface area contributed by atoms with Gasteiger partial charge in [0.1, 0.15) is 17.7 Å². The Morgan fingerprint density at radius 3 is 2.52 bits per heavy atom. The van der Waals surface area contributed by atoms with Crippen molar-refractivity contribution in [2.75, 3.05) is 10.6 Å². The first kappa shape index (κ1) is 19.9. The molecule has 3 rings (SSSR count). The smallest absolute Gasteiger partial charge is 0.271 e. The first-order chi connectivity index (χ1) is 13.7. The molecule has 29 heavy (non-hydrogen) atoms. The summed E-state index contributed by atoms with van der Waals surface area (Å²) >= 11 is 0. The van der Waals surface area contributed by atoms with Gasteiger partial charge in [0.15, 0.2) is 11.5 Å². The highest BCUT2D eigenvalue weighted by atomic mass is 19.1. The van der Waals surface area contributed by atoms with Crippen molar-refractivity contribution in [3.8, 4) is 0 Å². The van der Waals surface area contributed by atoms with Gasteiger partial charge in [0.05, 0.1) is 23.6 Å². The van der Waals surface area contributed by atoms with Crippen molar-refractivity contribution in [1.82, 2.24) is 15.0 Å². The highest BCUT2D eigenvalue weighted by Crippen LogP contribution is 2.23. The molecular formula is C19H20FN7O2. The van der Waals surface area contributed by atoms with Crippen LogP contribution >= 0.6 is 0 Å². The Morgan fingerprint density at radius 2 is 1.86 bits per heavy atom. The van der Waals surface area contributed by atoms with Gasteiger partial charge >= 0.3 is 0 Å². The number of halogens is 1. The zero-order chi connectivity index (χ0) is 21.1. The van der Waals surface area contributed by atoms with Gasteiger partial charge in [0.25, 0.3) is 5.91 Å². The van der Waals surface area contributed by atoms with Crippen molar-refractivity contribution in [1.29, 1.82) is 0 Å². The van der Waals surface area contributed by atoms with Gasteiger partial charge in [0, 0.05) is 5.39 Å². The Bertz CT molecular complexity index is 1090. The van der Waals surface area contributed by atoms with E-state index < -0.39 is 23.7 Å². The summed E-state index contributed by atoms with van der Waals surface area (Å²) in [5.74, 6) is -1.54. The summed E-state index contributed by atoms with van der Waals surface area (Å²) in [7, 11) is 0. The zero-order valence-electron chi connectivity index (χ0n) is 15.8. The number of amides is 2. The molecule has 10 heteroatoms. The molecule has 3 aromatic rings. The summed E-state index contributed by atoms with van der Waals surface area (Å²) in [6.07, 6.45) is 2.80. The van der Waals surface area contributed by atoms with Gasteiger partial charge in [-0.15, -0.1) is 0 Å². The van der Waals surface area contributed by atoms with Gasteiger partial charge in [-0.25, -0.2) is 14.4 Å². The number of nitrogens with one attached hydrogen (secondary N) is 2. The second kappa shape index (κ2) is 8.05. The highest BCUT2D eigenvalue weighted by molar-refractivity contribution is 5.96. The molecule has 2 amide bonds. The molecule has 1 aromatic carbocycles. The number of benzene rings is 1. The van der Waals surface area contributed by atoms with Crippen molar-refractivity contribution in [2.45, 2.75) is 19.9 Å². The van der Waals surface area contributed by atoms with Crippen molar-refractivity contribution in [2.24, 2.45) is 17.4 Å². The van der Waals surface area contributed by atoms with Crippen LogP contribution in [0.25, 0.3) is 10.9 Å². The number of carbonyl (C=O) groups is 2. The molecule has 2 aromatic heterocycles. The molecule has 9 nitrogen and oxygen atoms in total. The van der Waals surface area contributed by atoms with E-state index in [1.807, 2.05) is 13.8 Å². The largest absolute Gasteiger partial charge is 0.368 e. The average Bonchev–Trinajstić information content (AvgIpc) is 2.65. The van der Waals surface area contributed by atoms with Crippen LogP contribution in [0, 0.1) is 11.7 Å². The number of rotatable bonds is 7. The molecule has 0 bridgehead atoms. The van der Waals surface area contributed by atoms with E-state index in [9.17, 15) is 14.0 Å². The van der Waals surface area contributed by atoms with Crippen LogP contribution in [0.5, 0.6) is 0 Å². The number of aromatic nitrogens is 3. The number of anilines is 3. The number of pyridine rings is 1. The Labute approximate surface area is 165 Å². The number of nitrogens with two attached hydrogens (primary N) is 2. The molecule has 6 N–H and O–H groups in total. The number of hydrogen-bond acceptors (Lipinski definition) is 7. The molecule has 0 radical (unpaired) electrons. The minimum absolute atomic E-state index is 0.0621. The minimum Gasteiger partial charge on any atom is -0.368 e. The molecule has 0 unspecified atom stereocenters. The van der Waals surface area contributed by atoms with Crippen molar-refractivity contribution in [3.63, 3.8) is 0 Å². The topological polar surface area (TPSA) is 149 Å². The quantitative estimate of drug-likeness (QED) is 0.476. The summed E-state index contributed by atoms with van der Waals surface area (Å²) in [5.41, 5.74) is 11.8. The van der Waals surface area contributed by atoms with E-state index in [0.717, 1.165) is 0 Å². The van der Waals surface area contributed by atoms with Crippen LogP contribution in [0.1, 0.15) is 24.3 Å². The van der Waals surface area contributed by atoms with Crippen LogP contribution in [-0.2, 0) is 4.79 Å². The summed E-state index contributed by atoms with van der Waals surface area (Å²) in [6.45, 7) is 3.65. The number of carbonyl (C=O) groups excluding carboxylic acids is 2. The van der Waals surface area contributed by atoms with E-state index >= 15 is 0 Å². The third-order valence-electron chi connectivity index (χ3n) is 4.19. The molecule has 150 valence electrons. The van der Waals surface area contributed by atoms with E-state index in [1.54, 1.807) is 12.1 Å². The van der Waals surface area contributed by atoms with E-state index in [2.05, 4.69) is 25.6 Å². The molecule has 0 saturated heterocycles. The van der Waals surface area contributed by atoms with Gasteiger partial charge in [-0.1, -0.05) is 13.8 Å². The van der Waals surface area contributed by atoms with Gasteiger partial charge in [-0.05, 0) is 30.2 Å². The molecule has 2 heterocycles. The zero-order valence-corrected chi connectivity index (χ0v) is 15.8. The Morgan fingerprint density at radius 1 is 1.10 bits per heavy atom. The first-order valence-electron chi connectivity index (χ1n) is 8.79. The lowest BCUT2D eigenvalue weighted by atomic mass is 10.0. The van der Waals surface area contributed by atoms with Crippen LogP contribution in [0.2, 0.25) is 0 Å². The molecule has 1 atom stereocenters. The number of primary amides is 2. The SMILES string of the molecule is CC(C)[C@@H](Nc1cnc(C(N)=O)c(Nc2cnc3ccc(F)cc3c2)n1)C(N)=O. The third-order valence-corrected chi connectivity index (χ3v) is 4.19. The number of nitrogens with zero attached hydrogens (tertiary/aromatic N) is 3. The van der Waals surface area contributed by atoms with Crippen molar-refractivity contribution >= 4 is 40.0 Å². The first-order valence-corrected chi connectivity index (χ1v) is 8.79. The monoisotopic (exact) mass is 397 g/mol. The van der Waals surface area contributed by atoms with E-state index in [4.69, 9.17) is 11.5 Å². The fourth-order valence-corrected chi connectivity index (χ4v) is 2.76. The van der Waals surface area contributed by atoms with E-state index in [1.165, 1.54) is 24.5 Å². The van der Waals surface area contributed by atoms with Gasteiger partial charge in [-0.3, -0.25) is 14.6 Å². The average molecular weight is 397 g/mol. The standard InChI is InChI=1S/C19H20FN7O2/c1-9(2)15(17(21)28)26-14-8-24-16(18(22)29)19(27-14)25-12-6-10-5-11(20)3-4-13(10)23-7-12/h3-9,15H,1-2H3,(H2,21,28)(H2,22,29)(H2,25,26,27)/t15-/m1/s1. The van der Waals surface area contributed by atoms with Crippen molar-refractivity contribution in [3.05, 3.63) is 48.2 Å². The molecular weight excluding hydrogens is 377 g/mol. The molecule has 0 aliphatic heterocycles. The van der Waals surface area contributed by atoms with Gasteiger partial charge < -0.3 is 22.1 Å². The fourth-order valence-electron chi connectivity index (χ4n) is 2.76. The minimum atomic E-state index is -0.790.